The molecule has 2 aromatic carbocycles. The molecule has 2 aromatic rings. The van der Waals surface area contributed by atoms with Crippen molar-refractivity contribution in [2.24, 2.45) is 11.7 Å². The summed E-state index contributed by atoms with van der Waals surface area (Å²) < 4.78 is 0. The van der Waals surface area contributed by atoms with Crippen LogP contribution in [-0.2, 0) is 11.2 Å². The maximum atomic E-state index is 12.4. The van der Waals surface area contributed by atoms with E-state index in [2.05, 4.69) is 36.1 Å². The molecule has 0 spiro atoms. The van der Waals surface area contributed by atoms with Gasteiger partial charge in [0, 0.05) is 24.2 Å². The Morgan fingerprint density at radius 2 is 1.69 bits per heavy atom. The van der Waals surface area contributed by atoms with Crippen LogP contribution >= 0.6 is 11.8 Å². The van der Waals surface area contributed by atoms with Crippen LogP contribution in [0.4, 0.5) is 0 Å². The molecule has 1 heterocycles. The number of benzene rings is 2. The highest BCUT2D eigenvalue weighted by atomic mass is 32.2. The molecule has 1 amide bonds. The molecule has 0 bridgehead atoms. The van der Waals surface area contributed by atoms with Gasteiger partial charge in [0.05, 0.1) is 6.04 Å². The van der Waals surface area contributed by atoms with Gasteiger partial charge in [0.15, 0.2) is 0 Å². The number of thioether (sulfide) groups is 1. The van der Waals surface area contributed by atoms with Crippen LogP contribution in [-0.4, -0.2) is 41.9 Å². The van der Waals surface area contributed by atoms with Crippen molar-refractivity contribution in [1.29, 1.82) is 0 Å². The molecule has 1 aliphatic heterocycles. The molecule has 1 fully saturated rings. The number of piperidine rings is 1. The quantitative estimate of drug-likeness (QED) is 0.739. The summed E-state index contributed by atoms with van der Waals surface area (Å²) in [6.07, 6.45) is 5.98. The van der Waals surface area contributed by atoms with Crippen LogP contribution in [0.3, 0.4) is 0 Å². The second kappa shape index (κ2) is 11.1. The number of hydrogen-bond acceptors (Lipinski definition) is 3. The molecule has 3 nitrogen and oxygen atoms in total. The number of carbonyl (C=O) groups is 1. The zero-order valence-corrected chi connectivity index (χ0v) is 18.0. The monoisotopic (exact) mass is 406 g/mol. The van der Waals surface area contributed by atoms with E-state index in [-0.39, 0.29) is 11.9 Å². The second-order valence-corrected chi connectivity index (χ2v) is 8.66. The lowest BCUT2D eigenvalue weighted by atomic mass is 9.89. The highest BCUT2D eigenvalue weighted by molar-refractivity contribution is 7.98. The number of nitrogens with zero attached hydrogens (tertiary/aromatic N) is 1. The Balaban J connectivity index is 1.47. The van der Waals surface area contributed by atoms with Crippen LogP contribution in [0.5, 0.6) is 0 Å². The van der Waals surface area contributed by atoms with Gasteiger partial charge in [-0.1, -0.05) is 42.2 Å². The average Bonchev–Trinajstić information content (AvgIpc) is 2.77. The Labute approximate surface area is 179 Å². The second-order valence-electron chi connectivity index (χ2n) is 7.67. The molecule has 0 aliphatic carbocycles. The predicted molar refractivity (Wildman–Crippen MR) is 123 cm³/mol. The van der Waals surface area contributed by atoms with E-state index < -0.39 is 0 Å². The highest BCUT2D eigenvalue weighted by Gasteiger charge is 2.26. The SMILES string of the molecule is CSCC[C@@H](N)C(=O)N1CCC(Cc2ccc(C#Cc3ccccc3)cc2)CC1. The van der Waals surface area contributed by atoms with Crippen molar-refractivity contribution in [3.63, 3.8) is 0 Å². The molecule has 4 heteroatoms. The van der Waals surface area contributed by atoms with E-state index in [1.807, 2.05) is 41.5 Å². The van der Waals surface area contributed by atoms with E-state index in [4.69, 9.17) is 5.73 Å². The van der Waals surface area contributed by atoms with Gasteiger partial charge in [0.1, 0.15) is 0 Å². The summed E-state index contributed by atoms with van der Waals surface area (Å²) in [5.41, 5.74) is 9.47. The van der Waals surface area contributed by atoms with Crippen LogP contribution in [0.1, 0.15) is 36.0 Å². The molecule has 1 saturated heterocycles. The summed E-state index contributed by atoms with van der Waals surface area (Å²) in [6.45, 7) is 1.66. The number of hydrogen-bond donors (Lipinski definition) is 1. The first-order chi connectivity index (χ1) is 14.2. The van der Waals surface area contributed by atoms with Crippen LogP contribution in [0.2, 0.25) is 0 Å². The fourth-order valence-electron chi connectivity index (χ4n) is 3.68. The number of likely N-dealkylation sites (tertiary alicyclic amines) is 1. The Bertz CT molecular complexity index is 831. The highest BCUT2D eigenvalue weighted by Crippen LogP contribution is 2.22. The minimum atomic E-state index is -0.344. The zero-order chi connectivity index (χ0) is 20.5. The lowest BCUT2D eigenvalue weighted by Gasteiger charge is -2.33. The van der Waals surface area contributed by atoms with Crippen molar-refractivity contribution in [1.82, 2.24) is 4.90 Å². The van der Waals surface area contributed by atoms with Crippen molar-refractivity contribution in [3.05, 3.63) is 71.3 Å². The van der Waals surface area contributed by atoms with Gasteiger partial charge in [-0.3, -0.25) is 4.79 Å². The van der Waals surface area contributed by atoms with Crippen LogP contribution in [0.15, 0.2) is 54.6 Å². The number of amides is 1. The fraction of sp³-hybridized carbons (Fsp3) is 0.400. The molecular weight excluding hydrogens is 376 g/mol. The third-order valence-electron chi connectivity index (χ3n) is 5.48. The molecule has 3 rings (SSSR count). The molecule has 0 aromatic heterocycles. The van der Waals surface area contributed by atoms with Gasteiger partial charge >= 0.3 is 0 Å². The fourth-order valence-corrected chi connectivity index (χ4v) is 4.17. The summed E-state index contributed by atoms with van der Waals surface area (Å²) in [5, 5.41) is 0. The summed E-state index contributed by atoms with van der Waals surface area (Å²) in [4.78, 5) is 14.4. The molecule has 0 unspecified atom stereocenters. The van der Waals surface area contributed by atoms with Crippen molar-refractivity contribution >= 4 is 17.7 Å². The van der Waals surface area contributed by atoms with Gasteiger partial charge in [0.2, 0.25) is 5.91 Å². The van der Waals surface area contributed by atoms with Gasteiger partial charge in [-0.05, 0) is 73.4 Å². The van der Waals surface area contributed by atoms with Gasteiger partial charge < -0.3 is 10.6 Å². The lowest BCUT2D eigenvalue weighted by Crippen LogP contribution is -2.47. The summed E-state index contributed by atoms with van der Waals surface area (Å²) in [7, 11) is 0. The molecule has 2 N–H and O–H groups in total. The van der Waals surface area contributed by atoms with Crippen LogP contribution < -0.4 is 5.73 Å². The molecule has 1 aliphatic rings. The maximum Gasteiger partial charge on any atom is 0.239 e. The van der Waals surface area contributed by atoms with Crippen molar-refractivity contribution in [2.75, 3.05) is 25.1 Å². The van der Waals surface area contributed by atoms with E-state index in [0.717, 1.165) is 55.7 Å². The molecule has 152 valence electrons. The minimum Gasteiger partial charge on any atom is -0.341 e. The van der Waals surface area contributed by atoms with E-state index >= 15 is 0 Å². The molecule has 0 saturated carbocycles. The van der Waals surface area contributed by atoms with Crippen molar-refractivity contribution in [2.45, 2.75) is 31.7 Å². The third-order valence-corrected chi connectivity index (χ3v) is 6.12. The first kappa shape index (κ1) is 21.5. The van der Waals surface area contributed by atoms with Crippen LogP contribution in [0, 0.1) is 17.8 Å². The maximum absolute atomic E-state index is 12.4. The standard InChI is InChI=1S/C25H30N2OS/c1-29-18-15-24(26)25(28)27-16-13-23(14-17-27)19-22-11-9-21(10-12-22)8-7-20-5-3-2-4-6-20/h2-6,9-12,23-24H,13-19,26H2,1H3/t24-/m1/s1. The van der Waals surface area contributed by atoms with Gasteiger partial charge in [-0.15, -0.1) is 0 Å². The number of nitrogens with two attached hydrogens (primary N) is 1. The van der Waals surface area contributed by atoms with Gasteiger partial charge in [0.25, 0.3) is 0 Å². The molecule has 29 heavy (non-hydrogen) atoms. The van der Waals surface area contributed by atoms with Gasteiger partial charge in [-0.2, -0.15) is 11.8 Å². The Kier molecular flexibility index (Phi) is 8.22. The Morgan fingerprint density at radius 3 is 2.31 bits per heavy atom. The first-order valence-corrected chi connectivity index (χ1v) is 11.7. The van der Waals surface area contributed by atoms with Crippen LogP contribution in [0.25, 0.3) is 0 Å². The van der Waals surface area contributed by atoms with E-state index in [1.54, 1.807) is 11.8 Å². The smallest absolute Gasteiger partial charge is 0.239 e. The Morgan fingerprint density at radius 1 is 1.07 bits per heavy atom. The predicted octanol–water partition coefficient (Wildman–Crippen LogP) is 3.95. The van der Waals surface area contributed by atoms with Crippen molar-refractivity contribution < 1.29 is 4.79 Å². The van der Waals surface area contributed by atoms with E-state index in [1.165, 1.54) is 5.56 Å². The number of rotatable bonds is 6. The topological polar surface area (TPSA) is 46.3 Å². The van der Waals surface area contributed by atoms with E-state index in [9.17, 15) is 4.79 Å². The third kappa shape index (κ3) is 6.66. The van der Waals surface area contributed by atoms with Crippen molar-refractivity contribution in [3.8, 4) is 11.8 Å². The lowest BCUT2D eigenvalue weighted by molar-refractivity contribution is -0.134. The summed E-state index contributed by atoms with van der Waals surface area (Å²) in [6, 6.07) is 18.3. The molecular formula is C25H30N2OS. The zero-order valence-electron chi connectivity index (χ0n) is 17.1. The normalized spacial score (nSPS) is 15.4. The summed E-state index contributed by atoms with van der Waals surface area (Å²) in [5.74, 6) is 8.12. The molecule has 1 atom stereocenters. The Hall–Kier alpha value is -2.22. The average molecular weight is 407 g/mol. The minimum absolute atomic E-state index is 0.124. The first-order valence-electron chi connectivity index (χ1n) is 10.3. The largest absolute Gasteiger partial charge is 0.341 e. The number of carbonyl (C=O) groups excluding carboxylic acids is 1. The summed E-state index contributed by atoms with van der Waals surface area (Å²) >= 11 is 1.74. The van der Waals surface area contributed by atoms with E-state index in [0.29, 0.717) is 5.92 Å². The van der Waals surface area contributed by atoms with Gasteiger partial charge in [-0.25, -0.2) is 0 Å². The molecule has 0 radical (unpaired) electrons.